The van der Waals surface area contributed by atoms with Crippen molar-refractivity contribution in [3.05, 3.63) is 39.9 Å². The summed E-state index contributed by atoms with van der Waals surface area (Å²) in [5.41, 5.74) is -0.588. The van der Waals surface area contributed by atoms with Gasteiger partial charge in [-0.2, -0.15) is 0 Å². The molecular weight excluding hydrogens is 428 g/mol. The Kier molecular flexibility index (Phi) is 6.83. The highest BCUT2D eigenvalue weighted by Gasteiger charge is 2.28. The Labute approximate surface area is 182 Å². The monoisotopic (exact) mass is 448 g/mol. The largest absolute Gasteiger partial charge is 0.493 e. The van der Waals surface area contributed by atoms with Gasteiger partial charge in [-0.05, 0) is 0 Å². The van der Waals surface area contributed by atoms with E-state index in [1.54, 1.807) is 0 Å². The van der Waals surface area contributed by atoms with Gasteiger partial charge in [0.15, 0.2) is 29.6 Å². The van der Waals surface area contributed by atoms with Crippen LogP contribution in [0.4, 0.5) is 11.4 Å². The molecule has 0 fully saturated rings. The quantitative estimate of drug-likeness (QED) is 0.362. The number of nitro groups is 1. The smallest absolute Gasteiger partial charge is 0.345 e. The second kappa shape index (κ2) is 9.73. The molecule has 0 atom stereocenters. The van der Waals surface area contributed by atoms with Gasteiger partial charge < -0.3 is 33.7 Å². The molecule has 1 aliphatic rings. The van der Waals surface area contributed by atoms with E-state index in [9.17, 15) is 19.7 Å². The Morgan fingerprint density at radius 1 is 1.00 bits per heavy atom. The van der Waals surface area contributed by atoms with Crippen LogP contribution in [0.25, 0.3) is 0 Å². The molecule has 1 N–H and O–H groups in total. The normalized spacial score (nSPS) is 11.8. The molecule has 0 saturated heterocycles. The summed E-state index contributed by atoms with van der Waals surface area (Å²) in [6, 6.07) is 5.23. The first-order valence-corrected chi connectivity index (χ1v) is 9.23. The van der Waals surface area contributed by atoms with E-state index in [2.05, 4.69) is 5.32 Å². The number of benzene rings is 2. The van der Waals surface area contributed by atoms with E-state index in [1.807, 2.05) is 0 Å². The summed E-state index contributed by atoms with van der Waals surface area (Å²) in [5.74, 6) is -0.459. The maximum absolute atomic E-state index is 12.4. The van der Waals surface area contributed by atoms with Crippen LogP contribution in [0.5, 0.6) is 28.7 Å². The number of carbonyl (C=O) groups excluding carboxylic acids is 2. The van der Waals surface area contributed by atoms with Crippen molar-refractivity contribution in [3.63, 3.8) is 0 Å². The van der Waals surface area contributed by atoms with Crippen LogP contribution in [-0.4, -0.2) is 57.9 Å². The van der Waals surface area contributed by atoms with Crippen molar-refractivity contribution < 1.29 is 42.9 Å². The zero-order valence-corrected chi connectivity index (χ0v) is 17.5. The minimum absolute atomic E-state index is 0.152. The van der Waals surface area contributed by atoms with E-state index in [0.717, 1.165) is 12.1 Å². The molecule has 170 valence electrons. The van der Waals surface area contributed by atoms with Gasteiger partial charge in [-0.25, -0.2) is 4.79 Å². The van der Waals surface area contributed by atoms with Crippen molar-refractivity contribution in [1.82, 2.24) is 0 Å². The average Bonchev–Trinajstić information content (AvgIpc) is 2.80. The topological polar surface area (TPSA) is 145 Å². The fourth-order valence-corrected chi connectivity index (χ4v) is 2.95. The standard InChI is InChI=1S/C20H20N2O10/c1-27-16-6-11(7-17(28-2)19(16)29-3)21-18(23)10-32-20(24)12-8-14-15(31-5-4-30-14)9-13(12)22(25)26/h6-9H,4-5,10H2,1-3H3,(H,21,23). The van der Waals surface area contributed by atoms with Crippen LogP contribution in [0.1, 0.15) is 10.4 Å². The number of hydrogen-bond acceptors (Lipinski definition) is 10. The number of carbonyl (C=O) groups is 2. The second-order valence-corrected chi connectivity index (χ2v) is 6.31. The Bertz CT molecular complexity index is 1030. The van der Waals surface area contributed by atoms with Gasteiger partial charge in [-0.1, -0.05) is 0 Å². The summed E-state index contributed by atoms with van der Waals surface area (Å²) in [7, 11) is 4.28. The molecule has 0 aliphatic carbocycles. The third-order valence-corrected chi connectivity index (χ3v) is 4.36. The van der Waals surface area contributed by atoms with E-state index in [-0.39, 0.29) is 30.3 Å². The molecule has 2 aromatic rings. The van der Waals surface area contributed by atoms with Crippen LogP contribution in [0.2, 0.25) is 0 Å². The molecule has 1 amide bonds. The van der Waals surface area contributed by atoms with Crippen LogP contribution in [-0.2, 0) is 9.53 Å². The van der Waals surface area contributed by atoms with E-state index in [4.69, 9.17) is 28.4 Å². The zero-order chi connectivity index (χ0) is 23.3. The second-order valence-electron chi connectivity index (χ2n) is 6.31. The molecule has 0 spiro atoms. The summed E-state index contributed by atoms with van der Waals surface area (Å²) in [5, 5.41) is 13.9. The van der Waals surface area contributed by atoms with Crippen LogP contribution in [0.15, 0.2) is 24.3 Å². The van der Waals surface area contributed by atoms with Gasteiger partial charge in [0, 0.05) is 23.9 Å². The van der Waals surface area contributed by atoms with Gasteiger partial charge in [-0.3, -0.25) is 14.9 Å². The van der Waals surface area contributed by atoms with E-state index in [0.29, 0.717) is 22.9 Å². The number of amides is 1. The first-order chi connectivity index (χ1) is 15.4. The molecule has 0 radical (unpaired) electrons. The minimum atomic E-state index is -1.06. The van der Waals surface area contributed by atoms with Crippen molar-refractivity contribution in [3.8, 4) is 28.7 Å². The lowest BCUT2D eigenvalue weighted by molar-refractivity contribution is -0.385. The van der Waals surface area contributed by atoms with Gasteiger partial charge in [0.2, 0.25) is 5.75 Å². The van der Waals surface area contributed by atoms with Crippen molar-refractivity contribution in [2.75, 3.05) is 46.5 Å². The number of esters is 1. The summed E-state index contributed by atoms with van der Waals surface area (Å²) in [4.78, 5) is 35.3. The van der Waals surface area contributed by atoms with Crippen LogP contribution in [0, 0.1) is 10.1 Å². The molecule has 0 saturated carbocycles. The lowest BCUT2D eigenvalue weighted by Crippen LogP contribution is -2.22. The first kappa shape index (κ1) is 22.5. The highest BCUT2D eigenvalue weighted by atomic mass is 16.6. The fourth-order valence-electron chi connectivity index (χ4n) is 2.95. The minimum Gasteiger partial charge on any atom is -0.493 e. The number of rotatable bonds is 8. The molecule has 1 heterocycles. The summed E-state index contributed by atoms with van der Waals surface area (Å²) >= 11 is 0. The maximum Gasteiger partial charge on any atom is 0.345 e. The number of nitrogens with zero attached hydrogens (tertiary/aromatic N) is 1. The third kappa shape index (κ3) is 4.74. The Morgan fingerprint density at radius 3 is 2.12 bits per heavy atom. The molecule has 12 heteroatoms. The SMILES string of the molecule is COc1cc(NC(=O)COC(=O)c2cc3c(cc2[N+](=O)[O-])OCCO3)cc(OC)c1OC. The number of nitro benzene ring substituents is 1. The fraction of sp³-hybridized carbons (Fsp3) is 0.300. The molecule has 0 bridgehead atoms. The summed E-state index contributed by atoms with van der Waals surface area (Å²) in [6.07, 6.45) is 0. The van der Waals surface area contributed by atoms with Crippen LogP contribution in [0.3, 0.4) is 0 Å². The van der Waals surface area contributed by atoms with E-state index < -0.39 is 29.1 Å². The van der Waals surface area contributed by atoms with Gasteiger partial charge in [0.05, 0.1) is 32.3 Å². The molecule has 3 rings (SSSR count). The number of fused-ring (bicyclic) bond motifs is 1. The van der Waals surface area contributed by atoms with Gasteiger partial charge in [0.25, 0.3) is 11.6 Å². The Hall–Kier alpha value is -4.22. The molecule has 0 unspecified atom stereocenters. The summed E-state index contributed by atoms with van der Waals surface area (Å²) < 4.78 is 31.2. The van der Waals surface area contributed by atoms with Gasteiger partial charge in [-0.15, -0.1) is 0 Å². The predicted octanol–water partition coefficient (Wildman–Crippen LogP) is 2.19. The number of nitrogens with one attached hydrogen (secondary N) is 1. The maximum atomic E-state index is 12.4. The van der Waals surface area contributed by atoms with Crippen molar-refractivity contribution in [2.45, 2.75) is 0 Å². The van der Waals surface area contributed by atoms with Crippen molar-refractivity contribution >= 4 is 23.3 Å². The zero-order valence-electron chi connectivity index (χ0n) is 17.5. The number of hydrogen-bond donors (Lipinski definition) is 1. The van der Waals surface area contributed by atoms with Gasteiger partial charge >= 0.3 is 5.97 Å². The molecule has 12 nitrogen and oxygen atoms in total. The van der Waals surface area contributed by atoms with Crippen molar-refractivity contribution in [1.29, 1.82) is 0 Å². The average molecular weight is 448 g/mol. The predicted molar refractivity (Wildman–Crippen MR) is 109 cm³/mol. The summed E-state index contributed by atoms with van der Waals surface area (Å²) in [6.45, 7) is -0.230. The van der Waals surface area contributed by atoms with Crippen LogP contribution >= 0.6 is 0 Å². The van der Waals surface area contributed by atoms with Gasteiger partial charge in [0.1, 0.15) is 18.8 Å². The molecule has 2 aromatic carbocycles. The Morgan fingerprint density at radius 2 is 1.59 bits per heavy atom. The lowest BCUT2D eigenvalue weighted by Gasteiger charge is -2.18. The highest BCUT2D eigenvalue weighted by molar-refractivity contribution is 5.98. The highest BCUT2D eigenvalue weighted by Crippen LogP contribution is 2.40. The van der Waals surface area contributed by atoms with E-state index in [1.165, 1.54) is 33.5 Å². The number of anilines is 1. The first-order valence-electron chi connectivity index (χ1n) is 9.23. The number of methoxy groups -OCH3 is 3. The molecule has 1 aliphatic heterocycles. The third-order valence-electron chi connectivity index (χ3n) is 4.36. The lowest BCUT2D eigenvalue weighted by atomic mass is 10.1. The molecule has 32 heavy (non-hydrogen) atoms. The molecule has 0 aromatic heterocycles. The number of ether oxygens (including phenoxy) is 6. The Balaban J connectivity index is 1.72. The van der Waals surface area contributed by atoms with Crippen molar-refractivity contribution in [2.24, 2.45) is 0 Å². The van der Waals surface area contributed by atoms with Crippen LogP contribution < -0.4 is 29.0 Å². The van der Waals surface area contributed by atoms with E-state index >= 15 is 0 Å². The molecular formula is C20H20N2O10.